The maximum Gasteiger partial charge on any atom is 0.329 e. The van der Waals surface area contributed by atoms with Crippen LogP contribution in [0.1, 0.15) is 5.82 Å². The van der Waals surface area contributed by atoms with Crippen LogP contribution < -0.4 is 16.1 Å². The average Bonchev–Trinajstić information content (AvgIpc) is 3.04. The van der Waals surface area contributed by atoms with E-state index in [-0.39, 0.29) is 0 Å². The molecule has 3 rings (SSSR count). The number of H-pyrrole nitrogens is 2. The van der Waals surface area contributed by atoms with E-state index in [0.29, 0.717) is 23.7 Å². The van der Waals surface area contributed by atoms with Crippen molar-refractivity contribution in [3.63, 3.8) is 0 Å². The lowest BCUT2D eigenvalue weighted by atomic mass is 10.5. The van der Waals surface area contributed by atoms with Crippen LogP contribution in [0.25, 0.3) is 11.2 Å². The number of imidazole rings is 2. The molecule has 0 bridgehead atoms. The van der Waals surface area contributed by atoms with Crippen LogP contribution in [0.4, 0.5) is 5.95 Å². The number of aromatic nitrogens is 6. The number of anilines is 1. The molecule has 110 valence electrons. The fourth-order valence-electron chi connectivity index (χ4n) is 2.32. The molecule has 0 fully saturated rings. The van der Waals surface area contributed by atoms with Crippen molar-refractivity contribution in [3.05, 3.63) is 39.1 Å². The molecule has 21 heavy (non-hydrogen) atoms. The SMILES string of the molecule is CN(Cc1ncc[nH]1)c1nc2c(c(=O)[nH]c(=O)n2C)n1C. The van der Waals surface area contributed by atoms with Crippen molar-refractivity contribution in [1.82, 2.24) is 29.1 Å². The zero-order valence-electron chi connectivity index (χ0n) is 11.9. The molecule has 0 unspecified atom stereocenters. The van der Waals surface area contributed by atoms with Gasteiger partial charge < -0.3 is 14.5 Å². The van der Waals surface area contributed by atoms with Gasteiger partial charge in [0.2, 0.25) is 5.95 Å². The van der Waals surface area contributed by atoms with Gasteiger partial charge in [-0.1, -0.05) is 0 Å². The summed E-state index contributed by atoms with van der Waals surface area (Å²) in [5.41, 5.74) is -0.211. The summed E-state index contributed by atoms with van der Waals surface area (Å²) in [4.78, 5) is 39.3. The van der Waals surface area contributed by atoms with Crippen molar-refractivity contribution in [3.8, 4) is 0 Å². The minimum Gasteiger partial charge on any atom is -0.347 e. The maximum absolute atomic E-state index is 12.0. The zero-order chi connectivity index (χ0) is 15.1. The number of aromatic amines is 2. The first kappa shape index (κ1) is 13.2. The number of nitrogens with zero attached hydrogens (tertiary/aromatic N) is 5. The van der Waals surface area contributed by atoms with Crippen LogP contribution in [0.15, 0.2) is 22.0 Å². The van der Waals surface area contributed by atoms with Gasteiger partial charge in [0.25, 0.3) is 5.56 Å². The predicted molar refractivity (Wildman–Crippen MR) is 77.3 cm³/mol. The lowest BCUT2D eigenvalue weighted by Crippen LogP contribution is -2.29. The average molecular weight is 289 g/mol. The second-order valence-corrected chi connectivity index (χ2v) is 4.85. The topological polar surface area (TPSA) is 105 Å². The summed E-state index contributed by atoms with van der Waals surface area (Å²) in [6, 6.07) is 0. The highest BCUT2D eigenvalue weighted by atomic mass is 16.2. The molecule has 0 aromatic carbocycles. The van der Waals surface area contributed by atoms with Crippen molar-refractivity contribution in [2.45, 2.75) is 6.54 Å². The van der Waals surface area contributed by atoms with Crippen LogP contribution in [0.3, 0.4) is 0 Å². The number of hydrogen-bond acceptors (Lipinski definition) is 5. The van der Waals surface area contributed by atoms with E-state index in [2.05, 4.69) is 19.9 Å². The molecule has 0 saturated heterocycles. The maximum atomic E-state index is 12.0. The number of nitrogens with one attached hydrogen (secondary N) is 2. The quantitative estimate of drug-likeness (QED) is 0.664. The largest absolute Gasteiger partial charge is 0.347 e. The van der Waals surface area contributed by atoms with Gasteiger partial charge in [0, 0.05) is 33.5 Å². The van der Waals surface area contributed by atoms with Crippen molar-refractivity contribution < 1.29 is 0 Å². The van der Waals surface area contributed by atoms with E-state index in [1.807, 2.05) is 11.9 Å². The summed E-state index contributed by atoms with van der Waals surface area (Å²) in [5, 5.41) is 0. The second-order valence-electron chi connectivity index (χ2n) is 4.85. The van der Waals surface area contributed by atoms with Gasteiger partial charge in [-0.25, -0.2) is 9.78 Å². The van der Waals surface area contributed by atoms with E-state index in [1.54, 1.807) is 31.1 Å². The molecule has 0 spiro atoms. The Morgan fingerprint density at radius 1 is 1.29 bits per heavy atom. The third-order valence-corrected chi connectivity index (χ3v) is 3.39. The van der Waals surface area contributed by atoms with Crippen LogP contribution in [0.5, 0.6) is 0 Å². The van der Waals surface area contributed by atoms with Gasteiger partial charge >= 0.3 is 5.69 Å². The van der Waals surface area contributed by atoms with Gasteiger partial charge in [-0.2, -0.15) is 4.98 Å². The van der Waals surface area contributed by atoms with Gasteiger partial charge in [0.15, 0.2) is 11.2 Å². The second kappa shape index (κ2) is 4.62. The highest BCUT2D eigenvalue weighted by molar-refractivity contribution is 5.74. The summed E-state index contributed by atoms with van der Waals surface area (Å²) in [6.45, 7) is 0.510. The Hall–Kier alpha value is -2.84. The van der Waals surface area contributed by atoms with E-state index in [0.717, 1.165) is 5.82 Å². The van der Waals surface area contributed by atoms with Crippen LogP contribution in [0, 0.1) is 0 Å². The molecule has 9 nitrogen and oxygen atoms in total. The lowest BCUT2D eigenvalue weighted by molar-refractivity contribution is 0.788. The summed E-state index contributed by atoms with van der Waals surface area (Å²) in [5.74, 6) is 1.36. The Kier molecular flexibility index (Phi) is 2.89. The molecule has 0 radical (unpaired) electrons. The normalized spacial score (nSPS) is 11.2. The molecule has 2 N–H and O–H groups in total. The minimum atomic E-state index is -0.481. The van der Waals surface area contributed by atoms with E-state index in [9.17, 15) is 9.59 Å². The molecule has 3 heterocycles. The third-order valence-electron chi connectivity index (χ3n) is 3.39. The van der Waals surface area contributed by atoms with Crippen molar-refractivity contribution >= 4 is 17.1 Å². The number of fused-ring (bicyclic) bond motifs is 1. The fraction of sp³-hybridized carbons (Fsp3) is 0.333. The predicted octanol–water partition coefficient (Wildman–Crippen LogP) is -0.680. The monoisotopic (exact) mass is 289 g/mol. The van der Waals surface area contributed by atoms with E-state index >= 15 is 0 Å². The Balaban J connectivity index is 2.14. The molecule has 0 aliphatic heterocycles. The Morgan fingerprint density at radius 2 is 2.05 bits per heavy atom. The van der Waals surface area contributed by atoms with E-state index in [1.165, 1.54) is 4.57 Å². The molecule has 0 amide bonds. The highest BCUT2D eigenvalue weighted by Gasteiger charge is 2.17. The smallest absolute Gasteiger partial charge is 0.329 e. The standard InChI is InChI=1S/C12H15N7O2/c1-17(6-7-13-4-5-14-7)11-15-9-8(18(11)2)10(20)16-12(21)19(9)3/h4-5H,6H2,1-3H3,(H,13,14)(H,16,20,21). The molecule has 0 aliphatic carbocycles. The van der Waals surface area contributed by atoms with Gasteiger partial charge in [-0.05, 0) is 0 Å². The zero-order valence-corrected chi connectivity index (χ0v) is 11.9. The first-order valence-electron chi connectivity index (χ1n) is 6.34. The van der Waals surface area contributed by atoms with Crippen LogP contribution in [-0.4, -0.2) is 36.1 Å². The molecular formula is C12H15N7O2. The molecule has 0 aliphatic rings. The van der Waals surface area contributed by atoms with Crippen LogP contribution in [-0.2, 0) is 20.6 Å². The highest BCUT2D eigenvalue weighted by Crippen LogP contribution is 2.17. The van der Waals surface area contributed by atoms with E-state index < -0.39 is 11.2 Å². The Bertz CT molecular complexity index is 900. The number of hydrogen-bond donors (Lipinski definition) is 2. The first-order chi connectivity index (χ1) is 9.99. The number of rotatable bonds is 3. The fourth-order valence-corrected chi connectivity index (χ4v) is 2.32. The van der Waals surface area contributed by atoms with Gasteiger partial charge in [-0.15, -0.1) is 0 Å². The van der Waals surface area contributed by atoms with E-state index in [4.69, 9.17) is 0 Å². The first-order valence-corrected chi connectivity index (χ1v) is 6.34. The van der Waals surface area contributed by atoms with Gasteiger partial charge in [0.1, 0.15) is 5.82 Å². The van der Waals surface area contributed by atoms with Crippen molar-refractivity contribution in [2.24, 2.45) is 14.1 Å². The van der Waals surface area contributed by atoms with Crippen molar-refractivity contribution in [1.29, 1.82) is 0 Å². The number of aryl methyl sites for hydroxylation is 2. The molecule has 0 saturated carbocycles. The van der Waals surface area contributed by atoms with Crippen LogP contribution in [0.2, 0.25) is 0 Å². The molecule has 3 aromatic heterocycles. The van der Waals surface area contributed by atoms with Gasteiger partial charge in [-0.3, -0.25) is 14.3 Å². The van der Waals surface area contributed by atoms with Gasteiger partial charge in [0.05, 0.1) is 6.54 Å². The third kappa shape index (κ3) is 2.02. The van der Waals surface area contributed by atoms with Crippen molar-refractivity contribution in [2.75, 3.05) is 11.9 Å². The van der Waals surface area contributed by atoms with Crippen LogP contribution >= 0.6 is 0 Å². The summed E-state index contributed by atoms with van der Waals surface area (Å²) < 4.78 is 2.98. The lowest BCUT2D eigenvalue weighted by Gasteiger charge is -2.16. The molecular weight excluding hydrogens is 274 g/mol. The molecule has 3 aromatic rings. The Labute approximate surface area is 118 Å². The molecule has 9 heteroatoms. The summed E-state index contributed by atoms with van der Waals surface area (Å²) in [7, 11) is 5.16. The minimum absolute atomic E-state index is 0.354. The Morgan fingerprint density at radius 3 is 2.71 bits per heavy atom. The molecule has 0 atom stereocenters. The summed E-state index contributed by atoms with van der Waals surface area (Å²) >= 11 is 0. The summed E-state index contributed by atoms with van der Waals surface area (Å²) in [6.07, 6.45) is 3.42.